The van der Waals surface area contributed by atoms with Gasteiger partial charge in [0.1, 0.15) is 6.04 Å². The monoisotopic (exact) mass is 519 g/mol. The Morgan fingerprint density at radius 3 is 2.29 bits per heavy atom. The fraction of sp³-hybridized carbons (Fsp3) is 0.357. The zero-order valence-corrected chi connectivity index (χ0v) is 21.7. The molecule has 3 atom stereocenters. The molecule has 38 heavy (non-hydrogen) atoms. The number of anilines is 1. The molecule has 0 radical (unpaired) electrons. The molecule has 0 saturated carbocycles. The zero-order chi connectivity index (χ0) is 27.5. The standard InChI is InChI=1S/C28H37N7O3/c1-19(20-7-3-2-4-8-20)15-25(28(38)33-22-16-21-9-5-6-10-24(21)32-18-22)34-27(37)23(31)17-26(36)35(13-11-29)14-12-30/h2-10,16,18-19,23,25H,11-15,17,29-31H2,1H3,(H,33,38)(H,34,37). The Hall–Kier alpha value is -3.86. The minimum atomic E-state index is -1.13. The molecule has 10 nitrogen and oxygen atoms in total. The van der Waals surface area contributed by atoms with Crippen LogP contribution in [0.25, 0.3) is 10.9 Å². The summed E-state index contributed by atoms with van der Waals surface area (Å²) in [7, 11) is 0. The lowest BCUT2D eigenvalue weighted by atomic mass is 9.93. The number of para-hydroxylation sites is 1. The highest BCUT2D eigenvalue weighted by Crippen LogP contribution is 2.22. The maximum absolute atomic E-state index is 13.4. The summed E-state index contributed by atoms with van der Waals surface area (Å²) in [5.41, 5.74) is 19.6. The Morgan fingerprint density at radius 1 is 0.947 bits per heavy atom. The third-order valence-corrected chi connectivity index (χ3v) is 6.33. The molecule has 0 spiro atoms. The fourth-order valence-electron chi connectivity index (χ4n) is 4.23. The summed E-state index contributed by atoms with van der Waals surface area (Å²) in [5.74, 6) is -1.34. The third kappa shape index (κ3) is 8.07. The van der Waals surface area contributed by atoms with Crippen molar-refractivity contribution in [2.75, 3.05) is 31.5 Å². The number of rotatable bonds is 13. The second-order valence-corrected chi connectivity index (χ2v) is 9.28. The maximum Gasteiger partial charge on any atom is 0.247 e. The molecule has 3 aromatic rings. The average molecular weight is 520 g/mol. The highest BCUT2D eigenvalue weighted by atomic mass is 16.2. The first-order valence-corrected chi connectivity index (χ1v) is 12.8. The van der Waals surface area contributed by atoms with Crippen LogP contribution in [-0.4, -0.2) is 65.9 Å². The third-order valence-electron chi connectivity index (χ3n) is 6.33. The van der Waals surface area contributed by atoms with Crippen molar-refractivity contribution in [1.29, 1.82) is 0 Å². The number of hydrogen-bond acceptors (Lipinski definition) is 7. The predicted molar refractivity (Wildman–Crippen MR) is 149 cm³/mol. The number of fused-ring (bicyclic) bond motifs is 1. The molecule has 3 amide bonds. The Balaban J connectivity index is 1.74. The topological polar surface area (TPSA) is 169 Å². The lowest BCUT2D eigenvalue weighted by Gasteiger charge is -2.25. The number of nitrogens with one attached hydrogen (secondary N) is 2. The van der Waals surface area contributed by atoms with Crippen molar-refractivity contribution in [3.63, 3.8) is 0 Å². The van der Waals surface area contributed by atoms with Crippen LogP contribution in [0.2, 0.25) is 0 Å². The van der Waals surface area contributed by atoms with Crippen LogP contribution < -0.4 is 27.8 Å². The zero-order valence-electron chi connectivity index (χ0n) is 21.7. The second-order valence-electron chi connectivity index (χ2n) is 9.28. The van der Waals surface area contributed by atoms with Crippen molar-refractivity contribution in [3.8, 4) is 0 Å². The lowest BCUT2D eigenvalue weighted by Crippen LogP contribution is -2.52. The molecular weight excluding hydrogens is 482 g/mol. The van der Waals surface area contributed by atoms with Crippen LogP contribution in [0.4, 0.5) is 5.69 Å². The van der Waals surface area contributed by atoms with Gasteiger partial charge in [-0.15, -0.1) is 0 Å². The average Bonchev–Trinajstić information content (AvgIpc) is 2.92. The van der Waals surface area contributed by atoms with Gasteiger partial charge in [0, 0.05) is 31.6 Å². The highest BCUT2D eigenvalue weighted by Gasteiger charge is 2.28. The molecule has 8 N–H and O–H groups in total. The van der Waals surface area contributed by atoms with Gasteiger partial charge in [-0.1, -0.05) is 55.5 Å². The number of carbonyl (C=O) groups is 3. The molecular formula is C28H37N7O3. The van der Waals surface area contributed by atoms with Gasteiger partial charge >= 0.3 is 0 Å². The number of benzene rings is 2. The normalized spacial score (nSPS) is 13.4. The minimum absolute atomic E-state index is 0.0376. The molecule has 10 heteroatoms. The molecule has 0 bridgehead atoms. The highest BCUT2D eigenvalue weighted by molar-refractivity contribution is 5.99. The van der Waals surface area contributed by atoms with E-state index in [1.165, 1.54) is 4.90 Å². The number of carbonyl (C=O) groups excluding carboxylic acids is 3. The summed E-state index contributed by atoms with van der Waals surface area (Å²) in [4.78, 5) is 44.9. The van der Waals surface area contributed by atoms with Crippen molar-refractivity contribution in [2.45, 2.75) is 37.8 Å². The van der Waals surface area contributed by atoms with Crippen LogP contribution >= 0.6 is 0 Å². The molecule has 3 unspecified atom stereocenters. The van der Waals surface area contributed by atoms with E-state index < -0.39 is 23.9 Å². The van der Waals surface area contributed by atoms with Crippen molar-refractivity contribution < 1.29 is 14.4 Å². The molecule has 0 aliphatic heterocycles. The Bertz CT molecular complexity index is 1220. The summed E-state index contributed by atoms with van der Waals surface area (Å²) in [6.45, 7) is 3.18. The van der Waals surface area contributed by atoms with E-state index in [4.69, 9.17) is 17.2 Å². The molecule has 0 fully saturated rings. The first-order valence-electron chi connectivity index (χ1n) is 12.8. The lowest BCUT2D eigenvalue weighted by molar-refractivity contribution is -0.134. The SMILES string of the molecule is CC(CC(NC(=O)C(N)CC(=O)N(CCN)CCN)C(=O)Nc1cnc2ccccc2c1)c1ccccc1. The number of nitrogens with two attached hydrogens (primary N) is 3. The van der Waals surface area contributed by atoms with E-state index in [1.54, 1.807) is 6.20 Å². The van der Waals surface area contributed by atoms with E-state index in [9.17, 15) is 14.4 Å². The van der Waals surface area contributed by atoms with E-state index >= 15 is 0 Å². The molecule has 1 heterocycles. The number of pyridine rings is 1. The van der Waals surface area contributed by atoms with Crippen LogP contribution in [0.1, 0.15) is 31.2 Å². The summed E-state index contributed by atoms with van der Waals surface area (Å²) in [5, 5.41) is 6.51. The number of amides is 3. The van der Waals surface area contributed by atoms with Crippen LogP contribution in [0.5, 0.6) is 0 Å². The van der Waals surface area contributed by atoms with Gasteiger partial charge in [-0.05, 0) is 30.0 Å². The van der Waals surface area contributed by atoms with Crippen molar-refractivity contribution >= 4 is 34.3 Å². The Morgan fingerprint density at radius 2 is 1.61 bits per heavy atom. The molecule has 202 valence electrons. The van der Waals surface area contributed by atoms with Gasteiger partial charge < -0.3 is 32.7 Å². The van der Waals surface area contributed by atoms with Gasteiger partial charge in [-0.2, -0.15) is 0 Å². The summed E-state index contributed by atoms with van der Waals surface area (Å²) >= 11 is 0. The van der Waals surface area contributed by atoms with Gasteiger partial charge in [-0.25, -0.2) is 0 Å². The molecule has 0 aliphatic rings. The van der Waals surface area contributed by atoms with Crippen molar-refractivity contribution in [3.05, 3.63) is 72.4 Å². The van der Waals surface area contributed by atoms with Crippen LogP contribution in [0, 0.1) is 0 Å². The van der Waals surface area contributed by atoms with Crippen molar-refractivity contribution in [2.24, 2.45) is 17.2 Å². The predicted octanol–water partition coefficient (Wildman–Crippen LogP) is 1.32. The van der Waals surface area contributed by atoms with E-state index in [2.05, 4.69) is 15.6 Å². The van der Waals surface area contributed by atoms with Gasteiger partial charge in [0.2, 0.25) is 17.7 Å². The van der Waals surface area contributed by atoms with Crippen LogP contribution in [-0.2, 0) is 14.4 Å². The maximum atomic E-state index is 13.4. The molecule has 0 aliphatic carbocycles. The van der Waals surface area contributed by atoms with Crippen molar-refractivity contribution in [1.82, 2.24) is 15.2 Å². The van der Waals surface area contributed by atoms with Gasteiger partial charge in [0.15, 0.2) is 0 Å². The van der Waals surface area contributed by atoms with E-state index in [-0.39, 0.29) is 31.3 Å². The van der Waals surface area contributed by atoms with Gasteiger partial charge in [0.25, 0.3) is 0 Å². The van der Waals surface area contributed by atoms with E-state index in [0.29, 0.717) is 25.2 Å². The quantitative estimate of drug-likeness (QED) is 0.227. The number of nitrogens with zero attached hydrogens (tertiary/aromatic N) is 2. The minimum Gasteiger partial charge on any atom is -0.343 e. The smallest absolute Gasteiger partial charge is 0.247 e. The molecule has 1 aromatic heterocycles. The number of hydrogen-bond donors (Lipinski definition) is 5. The van der Waals surface area contributed by atoms with E-state index in [1.807, 2.05) is 67.6 Å². The van der Waals surface area contributed by atoms with E-state index in [0.717, 1.165) is 16.5 Å². The largest absolute Gasteiger partial charge is 0.343 e. The molecule has 3 rings (SSSR count). The summed E-state index contributed by atoms with van der Waals surface area (Å²) in [6.07, 6.45) is 1.69. The Kier molecular flexibility index (Phi) is 10.7. The second kappa shape index (κ2) is 14.2. The summed E-state index contributed by atoms with van der Waals surface area (Å²) < 4.78 is 0. The Labute approximate surface area is 222 Å². The van der Waals surface area contributed by atoms with Gasteiger partial charge in [0.05, 0.1) is 29.9 Å². The fourth-order valence-corrected chi connectivity index (χ4v) is 4.23. The first-order chi connectivity index (χ1) is 18.3. The van der Waals surface area contributed by atoms with Crippen LogP contribution in [0.3, 0.4) is 0 Å². The van der Waals surface area contributed by atoms with Gasteiger partial charge in [-0.3, -0.25) is 19.4 Å². The van der Waals surface area contributed by atoms with Crippen LogP contribution in [0.15, 0.2) is 66.9 Å². The summed E-state index contributed by atoms with van der Waals surface area (Å²) in [6, 6.07) is 17.1. The number of aromatic nitrogens is 1. The first kappa shape index (κ1) is 28.7. The molecule has 0 saturated heterocycles. The molecule has 2 aromatic carbocycles.